The van der Waals surface area contributed by atoms with E-state index in [1.54, 1.807) is 0 Å². The third kappa shape index (κ3) is 2.39. The Balaban J connectivity index is 1.96. The molecule has 0 spiro atoms. The van der Waals surface area contributed by atoms with Crippen LogP contribution in [0.1, 0.15) is 5.69 Å². The molecule has 0 radical (unpaired) electrons. The van der Waals surface area contributed by atoms with Gasteiger partial charge in [-0.2, -0.15) is 0 Å². The van der Waals surface area contributed by atoms with Crippen molar-refractivity contribution in [1.82, 2.24) is 9.97 Å². The van der Waals surface area contributed by atoms with Crippen LogP contribution in [0.25, 0.3) is 10.8 Å². The highest BCUT2D eigenvalue weighted by molar-refractivity contribution is 5.88. The average molecular weight is 252 g/mol. The van der Waals surface area contributed by atoms with Crippen LogP contribution in [0, 0.1) is 0 Å². The number of fused-ring (bicyclic) bond motifs is 1. The number of benzene rings is 2. The minimum atomic E-state index is -0.123. The molecular weight excluding hydrogens is 240 g/mol. The Hall–Kier alpha value is -2.46. The molecule has 19 heavy (non-hydrogen) atoms. The highest BCUT2D eigenvalue weighted by Gasteiger charge is 2.04. The van der Waals surface area contributed by atoms with Crippen molar-refractivity contribution in [3.8, 4) is 11.6 Å². The van der Waals surface area contributed by atoms with Crippen molar-refractivity contribution in [3.63, 3.8) is 0 Å². The summed E-state index contributed by atoms with van der Waals surface area (Å²) in [4.78, 5) is 8.14. The molecule has 94 valence electrons. The number of hydrogen-bond donors (Lipinski definition) is 1. The number of aromatic nitrogens is 2. The molecule has 1 heterocycles. The van der Waals surface area contributed by atoms with Gasteiger partial charge in [0, 0.05) is 5.39 Å². The molecule has 0 unspecified atom stereocenters. The monoisotopic (exact) mass is 252 g/mol. The zero-order chi connectivity index (χ0) is 13.1. The first-order valence-corrected chi connectivity index (χ1v) is 5.94. The smallest absolute Gasteiger partial charge is 0.237 e. The van der Waals surface area contributed by atoms with Crippen LogP contribution >= 0.6 is 0 Å². The van der Waals surface area contributed by atoms with Crippen LogP contribution in [0.15, 0.2) is 54.9 Å². The van der Waals surface area contributed by atoms with E-state index in [4.69, 9.17) is 9.84 Å². The first-order chi connectivity index (χ1) is 9.36. The van der Waals surface area contributed by atoms with Gasteiger partial charge in [0.1, 0.15) is 5.75 Å². The Morgan fingerprint density at radius 1 is 0.947 bits per heavy atom. The largest absolute Gasteiger partial charge is 0.437 e. The molecule has 3 aromatic rings. The summed E-state index contributed by atoms with van der Waals surface area (Å²) in [6.07, 6.45) is 3.01. The molecule has 0 aliphatic heterocycles. The van der Waals surface area contributed by atoms with Gasteiger partial charge in [0.15, 0.2) is 0 Å². The summed E-state index contributed by atoms with van der Waals surface area (Å²) in [6.45, 7) is -0.123. The maximum Gasteiger partial charge on any atom is 0.237 e. The number of hydrogen-bond acceptors (Lipinski definition) is 4. The van der Waals surface area contributed by atoms with E-state index < -0.39 is 0 Å². The van der Waals surface area contributed by atoms with Gasteiger partial charge < -0.3 is 9.84 Å². The standard InChI is InChI=1S/C15H12N2O2/c18-10-12-8-17-15(9-16-12)19-14-7-3-5-11-4-1-2-6-13(11)14/h1-9,18H,10H2. The molecule has 0 saturated heterocycles. The lowest BCUT2D eigenvalue weighted by atomic mass is 10.1. The quantitative estimate of drug-likeness (QED) is 0.778. The maximum absolute atomic E-state index is 8.92. The van der Waals surface area contributed by atoms with Gasteiger partial charge >= 0.3 is 0 Å². The fourth-order valence-electron chi connectivity index (χ4n) is 1.87. The molecule has 0 aliphatic rings. The molecular formula is C15H12N2O2. The van der Waals surface area contributed by atoms with Crippen LogP contribution in [0.3, 0.4) is 0 Å². The predicted octanol–water partition coefficient (Wildman–Crippen LogP) is 2.91. The number of rotatable bonds is 3. The molecule has 0 aliphatic carbocycles. The van der Waals surface area contributed by atoms with Crippen LogP contribution in [0.4, 0.5) is 0 Å². The highest BCUT2D eigenvalue weighted by Crippen LogP contribution is 2.28. The summed E-state index contributed by atoms with van der Waals surface area (Å²) >= 11 is 0. The van der Waals surface area contributed by atoms with Gasteiger partial charge in [-0.05, 0) is 11.5 Å². The molecule has 0 atom stereocenters. The molecule has 0 amide bonds. The zero-order valence-electron chi connectivity index (χ0n) is 10.2. The normalized spacial score (nSPS) is 10.6. The molecule has 1 aromatic heterocycles. The van der Waals surface area contributed by atoms with E-state index in [0.717, 1.165) is 16.5 Å². The van der Waals surface area contributed by atoms with Gasteiger partial charge in [0.05, 0.1) is 24.7 Å². The van der Waals surface area contributed by atoms with Crippen molar-refractivity contribution in [2.75, 3.05) is 0 Å². The number of nitrogens with zero attached hydrogens (tertiary/aromatic N) is 2. The molecule has 0 bridgehead atoms. The summed E-state index contributed by atoms with van der Waals surface area (Å²) in [5, 5.41) is 11.1. The summed E-state index contributed by atoms with van der Waals surface area (Å²) in [7, 11) is 0. The minimum Gasteiger partial charge on any atom is -0.437 e. The van der Waals surface area contributed by atoms with E-state index in [1.165, 1.54) is 12.4 Å². The second-order valence-corrected chi connectivity index (χ2v) is 4.08. The lowest BCUT2D eigenvalue weighted by Crippen LogP contribution is -1.94. The number of aliphatic hydroxyl groups is 1. The van der Waals surface area contributed by atoms with E-state index in [9.17, 15) is 0 Å². The zero-order valence-corrected chi connectivity index (χ0v) is 10.2. The van der Waals surface area contributed by atoms with Crippen LogP contribution < -0.4 is 4.74 Å². The van der Waals surface area contributed by atoms with Gasteiger partial charge in [-0.1, -0.05) is 36.4 Å². The highest BCUT2D eigenvalue weighted by atomic mass is 16.5. The predicted molar refractivity (Wildman–Crippen MR) is 72.0 cm³/mol. The van der Waals surface area contributed by atoms with Crippen molar-refractivity contribution in [2.24, 2.45) is 0 Å². The molecule has 3 rings (SSSR count). The Bertz CT molecular complexity index is 691. The third-order valence-electron chi connectivity index (χ3n) is 2.81. The average Bonchev–Trinajstić information content (AvgIpc) is 2.48. The Kier molecular flexibility index (Phi) is 3.08. The fraction of sp³-hybridized carbons (Fsp3) is 0.0667. The fourth-order valence-corrected chi connectivity index (χ4v) is 1.87. The van der Waals surface area contributed by atoms with Crippen molar-refractivity contribution in [1.29, 1.82) is 0 Å². The summed E-state index contributed by atoms with van der Waals surface area (Å²) in [5.41, 5.74) is 0.519. The molecule has 2 aromatic carbocycles. The van der Waals surface area contributed by atoms with Gasteiger partial charge in [0.25, 0.3) is 0 Å². The van der Waals surface area contributed by atoms with Crippen LogP contribution in [-0.2, 0) is 6.61 Å². The molecule has 0 fully saturated rings. The van der Waals surface area contributed by atoms with E-state index in [1.807, 2.05) is 42.5 Å². The summed E-state index contributed by atoms with van der Waals surface area (Å²) < 4.78 is 5.74. The van der Waals surface area contributed by atoms with Crippen molar-refractivity contribution < 1.29 is 9.84 Å². The lowest BCUT2D eigenvalue weighted by molar-refractivity contribution is 0.276. The van der Waals surface area contributed by atoms with Crippen molar-refractivity contribution >= 4 is 10.8 Å². The number of aliphatic hydroxyl groups excluding tert-OH is 1. The lowest BCUT2D eigenvalue weighted by Gasteiger charge is -2.07. The van der Waals surface area contributed by atoms with Crippen LogP contribution in [0.5, 0.6) is 11.6 Å². The second-order valence-electron chi connectivity index (χ2n) is 4.08. The third-order valence-corrected chi connectivity index (χ3v) is 2.81. The van der Waals surface area contributed by atoms with Crippen molar-refractivity contribution in [2.45, 2.75) is 6.61 Å². The van der Waals surface area contributed by atoms with E-state index in [2.05, 4.69) is 9.97 Å². The Morgan fingerprint density at radius 2 is 1.79 bits per heavy atom. The topological polar surface area (TPSA) is 55.2 Å². The molecule has 4 heteroatoms. The van der Waals surface area contributed by atoms with Crippen LogP contribution in [-0.4, -0.2) is 15.1 Å². The SMILES string of the molecule is OCc1cnc(Oc2cccc3ccccc23)cn1. The maximum atomic E-state index is 8.92. The van der Waals surface area contributed by atoms with Gasteiger partial charge in [-0.3, -0.25) is 4.98 Å². The van der Waals surface area contributed by atoms with E-state index >= 15 is 0 Å². The first-order valence-electron chi connectivity index (χ1n) is 5.94. The van der Waals surface area contributed by atoms with Gasteiger partial charge in [-0.15, -0.1) is 0 Å². The van der Waals surface area contributed by atoms with E-state index in [0.29, 0.717) is 11.6 Å². The molecule has 4 nitrogen and oxygen atoms in total. The molecule has 0 saturated carbocycles. The van der Waals surface area contributed by atoms with Crippen LogP contribution in [0.2, 0.25) is 0 Å². The number of ether oxygens (including phenoxy) is 1. The summed E-state index contributed by atoms with van der Waals surface area (Å²) in [5.74, 6) is 1.15. The molecule has 1 N–H and O–H groups in total. The summed E-state index contributed by atoms with van der Waals surface area (Å²) in [6, 6.07) is 13.8. The minimum absolute atomic E-state index is 0.123. The Morgan fingerprint density at radius 3 is 2.58 bits per heavy atom. The van der Waals surface area contributed by atoms with Gasteiger partial charge in [-0.25, -0.2) is 4.98 Å². The van der Waals surface area contributed by atoms with E-state index in [-0.39, 0.29) is 6.61 Å². The first kappa shape index (κ1) is 11.6. The van der Waals surface area contributed by atoms with Crippen molar-refractivity contribution in [3.05, 3.63) is 60.6 Å². The Labute approximate surface area is 110 Å². The second kappa shape index (κ2) is 5.04. The van der Waals surface area contributed by atoms with Gasteiger partial charge in [0.2, 0.25) is 5.88 Å².